The zero-order valence-corrected chi connectivity index (χ0v) is 12.0. The normalized spacial score (nSPS) is 13.1. The fraction of sp³-hybridized carbons (Fsp3) is 0.231. The molecule has 0 fully saturated rings. The fourth-order valence-electron chi connectivity index (χ4n) is 1.68. The van der Waals surface area contributed by atoms with E-state index in [-0.39, 0.29) is 16.3 Å². The van der Waals surface area contributed by atoms with E-state index >= 15 is 0 Å². The number of nitrogens with one attached hydrogen (secondary N) is 1. The first-order valence-corrected chi connectivity index (χ1v) is 6.57. The monoisotopic (exact) mass is 345 g/mol. The molecule has 106 valence electrons. The molecule has 0 saturated carbocycles. The Balaban J connectivity index is 2.30. The van der Waals surface area contributed by atoms with E-state index in [2.05, 4.69) is 31.2 Å². The number of hydrogen-bond donors (Lipinski definition) is 1. The summed E-state index contributed by atoms with van der Waals surface area (Å²) in [5.41, 5.74) is -0.167. The summed E-state index contributed by atoms with van der Waals surface area (Å²) in [4.78, 5) is 7.91. The standard InChI is InChI=1S/C13H11BrF3N3/c1-8(11-4-2-3-5-18-11)20-12-10(13(15,16)17)6-9(14)7-19-12/h2-8H,1H3,(H,19,20). The number of rotatable bonds is 3. The van der Waals surface area contributed by atoms with Gasteiger partial charge < -0.3 is 5.32 Å². The lowest BCUT2D eigenvalue weighted by Gasteiger charge is -2.18. The van der Waals surface area contributed by atoms with Gasteiger partial charge >= 0.3 is 6.18 Å². The summed E-state index contributed by atoms with van der Waals surface area (Å²) in [5.74, 6) is -0.209. The minimum absolute atomic E-state index is 0.209. The molecule has 0 spiro atoms. The van der Waals surface area contributed by atoms with Crippen LogP contribution in [-0.2, 0) is 6.18 Å². The lowest BCUT2D eigenvalue weighted by atomic mass is 10.2. The Kier molecular flexibility index (Phi) is 4.27. The highest BCUT2D eigenvalue weighted by Crippen LogP contribution is 2.36. The molecule has 0 aliphatic rings. The van der Waals surface area contributed by atoms with Crippen LogP contribution in [0.5, 0.6) is 0 Å². The summed E-state index contributed by atoms with van der Waals surface area (Å²) < 4.78 is 39.2. The molecular weight excluding hydrogens is 335 g/mol. The van der Waals surface area contributed by atoms with Gasteiger partial charge in [-0.25, -0.2) is 4.98 Å². The second-order valence-electron chi connectivity index (χ2n) is 4.17. The van der Waals surface area contributed by atoms with Crippen LogP contribution in [0.25, 0.3) is 0 Å². The Hall–Kier alpha value is -1.63. The van der Waals surface area contributed by atoms with Crippen molar-refractivity contribution in [2.24, 2.45) is 0 Å². The predicted molar refractivity (Wildman–Crippen MR) is 73.2 cm³/mol. The minimum atomic E-state index is -4.47. The van der Waals surface area contributed by atoms with E-state index in [1.54, 1.807) is 31.3 Å². The van der Waals surface area contributed by atoms with E-state index in [9.17, 15) is 13.2 Å². The third-order valence-electron chi connectivity index (χ3n) is 2.64. The van der Waals surface area contributed by atoms with Gasteiger partial charge in [0.2, 0.25) is 0 Å². The lowest BCUT2D eigenvalue weighted by molar-refractivity contribution is -0.137. The van der Waals surface area contributed by atoms with Gasteiger partial charge in [0.1, 0.15) is 5.82 Å². The first-order chi connectivity index (χ1) is 9.38. The number of halogens is 4. The van der Waals surface area contributed by atoms with Crippen LogP contribution in [0.15, 0.2) is 41.1 Å². The Morgan fingerprint density at radius 3 is 2.60 bits per heavy atom. The number of nitrogens with zero attached hydrogens (tertiary/aromatic N) is 2. The molecule has 0 aliphatic heterocycles. The molecule has 0 amide bonds. The van der Waals surface area contributed by atoms with Gasteiger partial charge in [0.05, 0.1) is 17.3 Å². The molecular formula is C13H11BrF3N3. The highest BCUT2D eigenvalue weighted by molar-refractivity contribution is 9.10. The summed E-state index contributed by atoms with van der Waals surface area (Å²) in [5, 5.41) is 2.75. The van der Waals surface area contributed by atoms with Crippen molar-refractivity contribution in [1.82, 2.24) is 9.97 Å². The number of hydrogen-bond acceptors (Lipinski definition) is 3. The maximum Gasteiger partial charge on any atom is 0.419 e. The number of alkyl halides is 3. The molecule has 2 heterocycles. The van der Waals surface area contributed by atoms with Gasteiger partial charge in [-0.15, -0.1) is 0 Å². The zero-order chi connectivity index (χ0) is 14.8. The summed E-state index contributed by atoms with van der Waals surface area (Å²) in [6.07, 6.45) is -1.56. The highest BCUT2D eigenvalue weighted by Gasteiger charge is 2.35. The molecule has 0 radical (unpaired) electrons. The van der Waals surface area contributed by atoms with Gasteiger partial charge in [-0.1, -0.05) is 6.07 Å². The van der Waals surface area contributed by atoms with Crippen LogP contribution in [0.3, 0.4) is 0 Å². The van der Waals surface area contributed by atoms with E-state index in [0.717, 1.165) is 6.07 Å². The van der Waals surface area contributed by atoms with Crippen LogP contribution in [0.1, 0.15) is 24.2 Å². The van der Waals surface area contributed by atoms with Crippen LogP contribution in [0, 0.1) is 0 Å². The molecule has 0 aliphatic carbocycles. The highest BCUT2D eigenvalue weighted by atomic mass is 79.9. The largest absolute Gasteiger partial charge is 0.419 e. The van der Waals surface area contributed by atoms with Gasteiger partial charge in [0.15, 0.2) is 0 Å². The SMILES string of the molecule is CC(Nc1ncc(Br)cc1C(F)(F)F)c1ccccn1. The van der Waals surface area contributed by atoms with Crippen LogP contribution in [0.2, 0.25) is 0 Å². The van der Waals surface area contributed by atoms with Gasteiger partial charge in [-0.3, -0.25) is 4.98 Å². The van der Waals surface area contributed by atoms with Crippen molar-refractivity contribution in [2.45, 2.75) is 19.1 Å². The number of anilines is 1. The molecule has 3 nitrogen and oxygen atoms in total. The van der Waals surface area contributed by atoms with Crippen LogP contribution < -0.4 is 5.32 Å². The minimum Gasteiger partial charge on any atom is -0.361 e. The topological polar surface area (TPSA) is 37.8 Å². The first kappa shape index (κ1) is 14.8. The number of aromatic nitrogens is 2. The Morgan fingerprint density at radius 2 is 2.00 bits per heavy atom. The van der Waals surface area contributed by atoms with Gasteiger partial charge in [0, 0.05) is 16.9 Å². The van der Waals surface area contributed by atoms with Crippen molar-refractivity contribution in [2.75, 3.05) is 5.32 Å². The fourth-order valence-corrected chi connectivity index (χ4v) is 2.01. The molecule has 0 aromatic carbocycles. The van der Waals surface area contributed by atoms with E-state index in [1.807, 2.05) is 0 Å². The number of pyridine rings is 2. The molecule has 2 aromatic heterocycles. The summed E-state index contributed by atoms with van der Waals surface area (Å²) in [6.45, 7) is 1.73. The molecule has 0 bridgehead atoms. The van der Waals surface area contributed by atoms with Crippen molar-refractivity contribution >= 4 is 21.7 Å². The van der Waals surface area contributed by atoms with Crippen LogP contribution in [0.4, 0.5) is 19.0 Å². The summed E-state index contributed by atoms with van der Waals surface area (Å²) in [6, 6.07) is 5.88. The van der Waals surface area contributed by atoms with Crippen molar-refractivity contribution < 1.29 is 13.2 Å². The molecule has 1 N–H and O–H groups in total. The predicted octanol–water partition coefficient (Wildman–Crippen LogP) is 4.43. The first-order valence-electron chi connectivity index (χ1n) is 5.78. The second-order valence-corrected chi connectivity index (χ2v) is 5.08. The maximum atomic E-state index is 13.0. The van der Waals surface area contributed by atoms with E-state index in [1.165, 1.54) is 6.20 Å². The molecule has 2 aromatic rings. The molecule has 20 heavy (non-hydrogen) atoms. The average Bonchev–Trinajstić information content (AvgIpc) is 2.40. The quantitative estimate of drug-likeness (QED) is 0.893. The van der Waals surface area contributed by atoms with Crippen LogP contribution >= 0.6 is 15.9 Å². The maximum absolute atomic E-state index is 13.0. The molecule has 1 unspecified atom stereocenters. The van der Waals surface area contributed by atoms with Crippen LogP contribution in [-0.4, -0.2) is 9.97 Å². The van der Waals surface area contributed by atoms with Crippen molar-refractivity contribution in [1.29, 1.82) is 0 Å². The Bertz CT molecular complexity index is 587. The van der Waals surface area contributed by atoms with E-state index in [0.29, 0.717) is 5.69 Å². The smallest absolute Gasteiger partial charge is 0.361 e. The Labute approximate surface area is 122 Å². The third kappa shape index (κ3) is 3.47. The van der Waals surface area contributed by atoms with Gasteiger partial charge in [0.25, 0.3) is 0 Å². The van der Waals surface area contributed by atoms with E-state index in [4.69, 9.17) is 0 Å². The third-order valence-corrected chi connectivity index (χ3v) is 3.08. The molecule has 1 atom stereocenters. The van der Waals surface area contributed by atoms with Crippen molar-refractivity contribution in [3.05, 3.63) is 52.4 Å². The van der Waals surface area contributed by atoms with Crippen molar-refractivity contribution in [3.63, 3.8) is 0 Å². The lowest BCUT2D eigenvalue weighted by Crippen LogP contribution is -2.15. The van der Waals surface area contributed by atoms with Gasteiger partial charge in [-0.2, -0.15) is 13.2 Å². The Morgan fingerprint density at radius 1 is 1.25 bits per heavy atom. The summed E-state index contributed by atoms with van der Waals surface area (Å²) >= 11 is 3.00. The van der Waals surface area contributed by atoms with Crippen molar-refractivity contribution in [3.8, 4) is 0 Å². The van der Waals surface area contributed by atoms with E-state index < -0.39 is 11.7 Å². The van der Waals surface area contributed by atoms with Gasteiger partial charge in [-0.05, 0) is 41.1 Å². The second kappa shape index (κ2) is 5.78. The molecule has 0 saturated heterocycles. The zero-order valence-electron chi connectivity index (χ0n) is 10.4. The molecule has 2 rings (SSSR count). The molecule has 7 heteroatoms. The summed E-state index contributed by atoms with van der Waals surface area (Å²) in [7, 11) is 0. The average molecular weight is 346 g/mol.